The second kappa shape index (κ2) is 7.21. The van der Waals surface area contributed by atoms with Gasteiger partial charge in [-0.05, 0) is 36.4 Å². The molecule has 26 heavy (non-hydrogen) atoms. The summed E-state index contributed by atoms with van der Waals surface area (Å²) in [7, 11) is 1.61. The number of carbonyl (C=O) groups is 1. The maximum absolute atomic E-state index is 12.4. The van der Waals surface area contributed by atoms with Gasteiger partial charge in [0.25, 0.3) is 0 Å². The highest BCUT2D eigenvalue weighted by Gasteiger charge is 2.26. The number of thioether (sulfide) groups is 1. The number of para-hydroxylation sites is 1. The third-order valence-corrected chi connectivity index (χ3v) is 5.26. The Balaban J connectivity index is 1.45. The highest BCUT2D eigenvalue weighted by Crippen LogP contribution is 2.32. The molecule has 0 spiro atoms. The van der Waals surface area contributed by atoms with Crippen molar-refractivity contribution >= 4 is 29.2 Å². The van der Waals surface area contributed by atoms with Gasteiger partial charge < -0.3 is 9.64 Å². The minimum absolute atomic E-state index is 0.0629. The normalized spacial score (nSPS) is 12.9. The molecular weight excluding hydrogens is 348 g/mol. The molecule has 0 amide bonds. The van der Waals surface area contributed by atoms with Gasteiger partial charge in [-0.1, -0.05) is 30.0 Å². The van der Waals surface area contributed by atoms with E-state index in [1.807, 2.05) is 18.2 Å². The molecule has 4 rings (SSSR count). The van der Waals surface area contributed by atoms with Gasteiger partial charge in [-0.25, -0.2) is 0 Å². The lowest BCUT2D eigenvalue weighted by Crippen LogP contribution is -2.14. The molecule has 0 saturated carbocycles. The average Bonchev–Trinajstić information content (AvgIpc) is 3.29. The van der Waals surface area contributed by atoms with E-state index in [1.54, 1.807) is 31.4 Å². The molecule has 2 aromatic carbocycles. The Morgan fingerprint density at radius 2 is 1.85 bits per heavy atom. The number of ether oxygens (including phenoxy) is 1. The maximum atomic E-state index is 12.4. The third-order valence-electron chi connectivity index (χ3n) is 4.30. The lowest BCUT2D eigenvalue weighted by atomic mass is 10.1. The van der Waals surface area contributed by atoms with Crippen molar-refractivity contribution in [3.63, 3.8) is 0 Å². The fourth-order valence-electron chi connectivity index (χ4n) is 2.93. The Bertz CT molecular complexity index is 909. The Hall–Kier alpha value is -2.80. The van der Waals surface area contributed by atoms with Crippen LogP contribution in [0.4, 0.5) is 11.6 Å². The second-order valence-corrected chi connectivity index (χ2v) is 6.80. The van der Waals surface area contributed by atoms with Crippen LogP contribution in [0, 0.1) is 0 Å². The van der Waals surface area contributed by atoms with Crippen LogP contribution in [-0.2, 0) is 6.54 Å². The van der Waals surface area contributed by atoms with E-state index in [-0.39, 0.29) is 5.78 Å². The van der Waals surface area contributed by atoms with E-state index >= 15 is 0 Å². The number of benzene rings is 2. The van der Waals surface area contributed by atoms with Crippen molar-refractivity contribution in [3.05, 3.63) is 60.2 Å². The lowest BCUT2D eigenvalue weighted by molar-refractivity contribution is 0.102. The summed E-state index contributed by atoms with van der Waals surface area (Å²) in [6, 6.07) is 17.3. The predicted molar refractivity (Wildman–Crippen MR) is 102 cm³/mol. The zero-order valence-electron chi connectivity index (χ0n) is 14.3. The number of hydrogen-bond donors (Lipinski definition) is 0. The monoisotopic (exact) mass is 366 g/mol. The Kier molecular flexibility index (Phi) is 4.62. The first-order valence-corrected chi connectivity index (χ1v) is 9.30. The van der Waals surface area contributed by atoms with Crippen molar-refractivity contribution in [2.45, 2.75) is 11.7 Å². The van der Waals surface area contributed by atoms with Crippen LogP contribution >= 0.6 is 11.8 Å². The van der Waals surface area contributed by atoms with E-state index in [1.165, 1.54) is 11.8 Å². The maximum Gasteiger partial charge on any atom is 0.232 e. The van der Waals surface area contributed by atoms with E-state index in [9.17, 15) is 4.79 Å². The molecular formula is C19H18N4O2S. The minimum Gasteiger partial charge on any atom is -0.497 e. The van der Waals surface area contributed by atoms with Gasteiger partial charge in [-0.3, -0.25) is 9.36 Å². The Morgan fingerprint density at radius 1 is 1.08 bits per heavy atom. The number of methoxy groups -OCH3 is 1. The number of hydrogen-bond acceptors (Lipinski definition) is 6. The largest absolute Gasteiger partial charge is 0.497 e. The quantitative estimate of drug-likeness (QED) is 0.492. The predicted octanol–water partition coefficient (Wildman–Crippen LogP) is 3.41. The van der Waals surface area contributed by atoms with Crippen molar-refractivity contribution in [3.8, 4) is 5.75 Å². The summed E-state index contributed by atoms with van der Waals surface area (Å²) in [5, 5.41) is 9.36. The van der Waals surface area contributed by atoms with Gasteiger partial charge in [0.2, 0.25) is 5.95 Å². The van der Waals surface area contributed by atoms with Gasteiger partial charge in [-0.2, -0.15) is 0 Å². The smallest absolute Gasteiger partial charge is 0.232 e. The molecule has 0 fully saturated rings. The van der Waals surface area contributed by atoms with Gasteiger partial charge in [-0.15, -0.1) is 10.2 Å². The van der Waals surface area contributed by atoms with Crippen LogP contribution in [0.3, 0.4) is 0 Å². The van der Waals surface area contributed by atoms with Gasteiger partial charge in [0.05, 0.1) is 12.9 Å². The van der Waals surface area contributed by atoms with Crippen molar-refractivity contribution in [1.82, 2.24) is 14.8 Å². The molecule has 1 aliphatic rings. The van der Waals surface area contributed by atoms with E-state index < -0.39 is 0 Å². The Labute approximate surface area is 155 Å². The van der Waals surface area contributed by atoms with Crippen LogP contribution in [0.1, 0.15) is 10.4 Å². The number of anilines is 2. The zero-order chi connectivity index (χ0) is 17.9. The molecule has 0 unspecified atom stereocenters. The number of aromatic nitrogens is 3. The molecule has 132 valence electrons. The molecule has 1 aromatic heterocycles. The van der Waals surface area contributed by atoms with Crippen LogP contribution in [0.15, 0.2) is 59.8 Å². The number of Topliss-reactive ketones (excluding diaryl/α,β-unsaturated/α-hetero) is 1. The first kappa shape index (κ1) is 16.7. The lowest BCUT2D eigenvalue weighted by Gasteiger charge is -2.14. The topological polar surface area (TPSA) is 60.2 Å². The minimum atomic E-state index is 0.0629. The number of fused-ring (bicyclic) bond motifs is 1. The van der Waals surface area contributed by atoms with Crippen LogP contribution in [0.25, 0.3) is 0 Å². The first-order chi connectivity index (χ1) is 12.8. The van der Waals surface area contributed by atoms with Crippen molar-refractivity contribution in [1.29, 1.82) is 0 Å². The molecule has 6 nitrogen and oxygen atoms in total. The van der Waals surface area contributed by atoms with Crippen molar-refractivity contribution in [2.24, 2.45) is 0 Å². The van der Waals surface area contributed by atoms with Gasteiger partial charge in [0, 0.05) is 24.3 Å². The third kappa shape index (κ3) is 3.17. The molecule has 0 atom stereocenters. The highest BCUT2D eigenvalue weighted by molar-refractivity contribution is 7.99. The number of nitrogens with zero attached hydrogens (tertiary/aromatic N) is 4. The van der Waals surface area contributed by atoms with E-state index in [0.29, 0.717) is 11.3 Å². The number of carbonyl (C=O) groups excluding carboxylic acids is 1. The average molecular weight is 366 g/mol. The Morgan fingerprint density at radius 3 is 2.58 bits per heavy atom. The molecule has 7 heteroatoms. The van der Waals surface area contributed by atoms with Gasteiger partial charge >= 0.3 is 0 Å². The molecule has 0 aliphatic carbocycles. The highest BCUT2D eigenvalue weighted by atomic mass is 32.2. The number of rotatable bonds is 6. The van der Waals surface area contributed by atoms with Crippen LogP contribution in [-0.4, -0.2) is 40.0 Å². The molecule has 1 aliphatic heterocycles. The summed E-state index contributed by atoms with van der Waals surface area (Å²) in [4.78, 5) is 14.5. The zero-order valence-corrected chi connectivity index (χ0v) is 15.1. The van der Waals surface area contributed by atoms with Crippen molar-refractivity contribution in [2.75, 3.05) is 24.3 Å². The summed E-state index contributed by atoms with van der Waals surface area (Å²) >= 11 is 1.42. The van der Waals surface area contributed by atoms with Crippen LogP contribution < -0.4 is 9.64 Å². The number of ketones is 1. The van der Waals surface area contributed by atoms with Gasteiger partial charge in [0.15, 0.2) is 10.9 Å². The van der Waals surface area contributed by atoms with Crippen LogP contribution in [0.2, 0.25) is 0 Å². The summed E-state index contributed by atoms with van der Waals surface area (Å²) in [5.74, 6) is 1.96. The summed E-state index contributed by atoms with van der Waals surface area (Å²) < 4.78 is 7.19. The summed E-state index contributed by atoms with van der Waals surface area (Å²) in [6.07, 6.45) is 0. The van der Waals surface area contributed by atoms with E-state index in [4.69, 9.17) is 4.74 Å². The molecule has 0 radical (unpaired) electrons. The second-order valence-electron chi connectivity index (χ2n) is 5.86. The molecule has 0 saturated heterocycles. The molecule has 0 N–H and O–H groups in total. The summed E-state index contributed by atoms with van der Waals surface area (Å²) in [6.45, 7) is 1.67. The molecule has 2 heterocycles. The molecule has 0 bridgehead atoms. The van der Waals surface area contributed by atoms with Gasteiger partial charge in [0.1, 0.15) is 5.75 Å². The van der Waals surface area contributed by atoms with Crippen LogP contribution in [0.5, 0.6) is 5.75 Å². The SMILES string of the molecule is COc1ccc(C(=O)CSc2nnc3n2CCN3c2ccccc2)cc1. The summed E-state index contributed by atoms with van der Waals surface area (Å²) in [5.41, 5.74) is 1.77. The van der Waals surface area contributed by atoms with E-state index in [0.717, 1.165) is 35.6 Å². The fraction of sp³-hybridized carbons (Fsp3) is 0.211. The standard InChI is InChI=1S/C19H18N4O2S/c1-25-16-9-7-14(8-10-16)17(24)13-26-19-21-20-18-22(11-12-23(18)19)15-5-3-2-4-6-15/h2-10H,11-13H2,1H3. The van der Waals surface area contributed by atoms with E-state index in [2.05, 4.69) is 31.8 Å². The fourth-order valence-corrected chi connectivity index (χ4v) is 3.78. The van der Waals surface area contributed by atoms with Crippen molar-refractivity contribution < 1.29 is 9.53 Å². The first-order valence-electron chi connectivity index (χ1n) is 8.32. The molecule has 3 aromatic rings.